The molecular weight excluding hydrogens is 451 g/mol. The molecular formula is C25H32F3NO5. The van der Waals surface area contributed by atoms with Gasteiger partial charge in [0.1, 0.15) is 12.4 Å². The molecule has 34 heavy (non-hydrogen) atoms. The van der Waals surface area contributed by atoms with Gasteiger partial charge in [0, 0.05) is 24.8 Å². The van der Waals surface area contributed by atoms with Gasteiger partial charge in [-0.05, 0) is 63.0 Å². The number of hydrogen-bond donors (Lipinski definition) is 1. The predicted molar refractivity (Wildman–Crippen MR) is 117 cm³/mol. The van der Waals surface area contributed by atoms with Crippen LogP contribution in [0.25, 0.3) is 0 Å². The monoisotopic (exact) mass is 483 g/mol. The number of ether oxygens (including phenoxy) is 3. The standard InChI is InChI=1S/C25H32F3NO5/c1-17-2-4-19(5-3-17)33-16-22(31)29-24-9-6-23(7-10-24,8-11-24)14-18(30)15-32-20-12-21(13-20)34-25(26,27)28/h2-5,20-21H,6-16H2,1H3,(H,29,31). The van der Waals surface area contributed by atoms with Crippen molar-refractivity contribution in [2.45, 2.75) is 88.8 Å². The molecule has 5 rings (SSSR count). The summed E-state index contributed by atoms with van der Waals surface area (Å²) in [5, 5.41) is 3.18. The zero-order valence-corrected chi connectivity index (χ0v) is 19.4. The van der Waals surface area contributed by atoms with Gasteiger partial charge in [0.2, 0.25) is 0 Å². The number of halogens is 3. The number of rotatable bonds is 10. The summed E-state index contributed by atoms with van der Waals surface area (Å²) >= 11 is 0. The number of hydrogen-bond acceptors (Lipinski definition) is 5. The summed E-state index contributed by atoms with van der Waals surface area (Å²) in [5.74, 6) is 0.522. The van der Waals surface area contributed by atoms with Crippen molar-refractivity contribution in [2.24, 2.45) is 5.41 Å². The van der Waals surface area contributed by atoms with Crippen molar-refractivity contribution in [2.75, 3.05) is 13.2 Å². The first-order chi connectivity index (χ1) is 16.0. The Morgan fingerprint density at radius 2 is 1.59 bits per heavy atom. The van der Waals surface area contributed by atoms with Crippen LogP contribution in [0.15, 0.2) is 24.3 Å². The van der Waals surface area contributed by atoms with Gasteiger partial charge >= 0.3 is 6.36 Å². The lowest BCUT2D eigenvalue weighted by atomic mass is 9.56. The summed E-state index contributed by atoms with van der Waals surface area (Å²) in [5.41, 5.74) is 0.835. The van der Waals surface area contributed by atoms with E-state index < -0.39 is 12.5 Å². The largest absolute Gasteiger partial charge is 0.522 e. The van der Waals surface area contributed by atoms with Crippen LogP contribution in [0, 0.1) is 12.3 Å². The number of nitrogens with one attached hydrogen (secondary N) is 1. The van der Waals surface area contributed by atoms with E-state index in [1.807, 2.05) is 31.2 Å². The fraction of sp³-hybridized carbons (Fsp3) is 0.680. The van der Waals surface area contributed by atoms with Crippen molar-refractivity contribution < 1.29 is 37.0 Å². The van der Waals surface area contributed by atoms with Crippen LogP contribution in [-0.2, 0) is 19.1 Å². The zero-order chi connectivity index (χ0) is 24.4. The summed E-state index contributed by atoms with van der Waals surface area (Å²) in [6.45, 7) is 1.90. The Morgan fingerprint density at radius 3 is 2.18 bits per heavy atom. The van der Waals surface area contributed by atoms with E-state index in [2.05, 4.69) is 10.1 Å². The van der Waals surface area contributed by atoms with Gasteiger partial charge in [0.15, 0.2) is 12.4 Å². The highest BCUT2D eigenvalue weighted by atomic mass is 19.4. The average Bonchev–Trinajstić information content (AvgIpc) is 2.75. The van der Waals surface area contributed by atoms with E-state index in [1.54, 1.807) is 0 Å². The third kappa shape index (κ3) is 6.50. The highest BCUT2D eigenvalue weighted by Gasteiger charge is 2.50. The molecule has 4 aliphatic carbocycles. The maximum Gasteiger partial charge on any atom is 0.522 e. The second-order valence-electron chi connectivity index (χ2n) is 10.2. The maximum absolute atomic E-state index is 12.5. The Bertz CT molecular complexity index is 855. The Kier molecular flexibility index (Phi) is 7.24. The van der Waals surface area contributed by atoms with Crippen molar-refractivity contribution in [1.82, 2.24) is 5.32 Å². The zero-order valence-electron chi connectivity index (χ0n) is 19.4. The minimum absolute atomic E-state index is 0.00915. The number of alkyl halides is 3. The number of aryl methyl sites for hydroxylation is 1. The first-order valence-corrected chi connectivity index (χ1v) is 11.9. The molecule has 0 aromatic heterocycles. The fourth-order valence-corrected chi connectivity index (χ4v) is 5.45. The molecule has 0 unspecified atom stereocenters. The minimum Gasteiger partial charge on any atom is -0.484 e. The summed E-state index contributed by atoms with van der Waals surface area (Å²) in [6, 6.07) is 7.56. The van der Waals surface area contributed by atoms with Crippen LogP contribution in [0.2, 0.25) is 0 Å². The molecule has 6 nitrogen and oxygen atoms in total. The number of carbonyl (C=O) groups is 2. The third-order valence-electron chi connectivity index (χ3n) is 7.60. The number of fused-ring (bicyclic) bond motifs is 3. The first kappa shape index (κ1) is 25.0. The first-order valence-electron chi connectivity index (χ1n) is 11.9. The van der Waals surface area contributed by atoms with E-state index in [4.69, 9.17) is 9.47 Å². The quantitative estimate of drug-likeness (QED) is 0.526. The van der Waals surface area contributed by atoms with Gasteiger partial charge in [-0.25, -0.2) is 0 Å². The number of benzene rings is 1. The lowest BCUT2D eigenvalue weighted by Crippen LogP contribution is -2.57. The van der Waals surface area contributed by atoms with Crippen LogP contribution < -0.4 is 10.1 Å². The van der Waals surface area contributed by atoms with E-state index in [0.29, 0.717) is 12.2 Å². The molecule has 0 spiro atoms. The van der Waals surface area contributed by atoms with Crippen molar-refractivity contribution >= 4 is 11.7 Å². The Hall–Kier alpha value is -2.13. The number of ketones is 1. The molecule has 0 atom stereocenters. The smallest absolute Gasteiger partial charge is 0.484 e. The molecule has 9 heteroatoms. The average molecular weight is 484 g/mol. The molecule has 0 aliphatic heterocycles. The third-order valence-corrected chi connectivity index (χ3v) is 7.60. The van der Waals surface area contributed by atoms with Crippen LogP contribution in [0.5, 0.6) is 5.75 Å². The summed E-state index contributed by atoms with van der Waals surface area (Å²) in [6.07, 6.45) is -0.0326. The van der Waals surface area contributed by atoms with Gasteiger partial charge in [-0.3, -0.25) is 14.3 Å². The SMILES string of the molecule is Cc1ccc(OCC(=O)NC23CCC(CC(=O)COC4CC(OC(F)(F)F)C4)(CC2)CC3)cc1. The summed E-state index contributed by atoms with van der Waals surface area (Å²) in [4.78, 5) is 25.0. The molecule has 1 aromatic carbocycles. The van der Waals surface area contributed by atoms with Crippen molar-refractivity contribution in [1.29, 1.82) is 0 Å². The van der Waals surface area contributed by atoms with Gasteiger partial charge in [0.25, 0.3) is 5.91 Å². The fourth-order valence-electron chi connectivity index (χ4n) is 5.45. The highest BCUT2D eigenvalue weighted by molar-refractivity contribution is 5.80. The van der Waals surface area contributed by atoms with Gasteiger partial charge in [-0.2, -0.15) is 0 Å². The van der Waals surface area contributed by atoms with Crippen LogP contribution in [-0.4, -0.2) is 49.0 Å². The number of carbonyl (C=O) groups excluding carboxylic acids is 2. The molecule has 1 aromatic rings. The predicted octanol–water partition coefficient (Wildman–Crippen LogP) is 4.63. The van der Waals surface area contributed by atoms with E-state index in [0.717, 1.165) is 44.1 Å². The van der Waals surface area contributed by atoms with Crippen LogP contribution in [0.1, 0.15) is 63.4 Å². The molecule has 0 heterocycles. The summed E-state index contributed by atoms with van der Waals surface area (Å²) in [7, 11) is 0. The Balaban J connectivity index is 1.15. The van der Waals surface area contributed by atoms with Crippen LogP contribution in [0.4, 0.5) is 13.2 Å². The van der Waals surface area contributed by atoms with Crippen LogP contribution in [0.3, 0.4) is 0 Å². The highest BCUT2D eigenvalue weighted by Crippen LogP contribution is 2.54. The molecule has 1 amide bonds. The lowest BCUT2D eigenvalue weighted by Gasteiger charge is -2.53. The summed E-state index contributed by atoms with van der Waals surface area (Å²) < 4.78 is 51.6. The van der Waals surface area contributed by atoms with Gasteiger partial charge in [-0.1, -0.05) is 17.7 Å². The van der Waals surface area contributed by atoms with Gasteiger partial charge < -0.3 is 14.8 Å². The lowest BCUT2D eigenvalue weighted by molar-refractivity contribution is -0.357. The molecule has 188 valence electrons. The van der Waals surface area contributed by atoms with Crippen molar-refractivity contribution in [3.05, 3.63) is 29.8 Å². The molecule has 1 N–H and O–H groups in total. The molecule has 4 saturated carbocycles. The molecule has 4 aliphatic rings. The van der Waals surface area contributed by atoms with E-state index in [9.17, 15) is 22.8 Å². The Labute approximate surface area is 197 Å². The van der Waals surface area contributed by atoms with Crippen molar-refractivity contribution in [3.63, 3.8) is 0 Å². The Morgan fingerprint density at radius 1 is 0.971 bits per heavy atom. The number of Topliss-reactive ketones (excluding diaryl/α,β-unsaturated/α-hetero) is 1. The van der Waals surface area contributed by atoms with Gasteiger partial charge in [0.05, 0.1) is 12.2 Å². The van der Waals surface area contributed by atoms with Crippen LogP contribution >= 0.6 is 0 Å². The molecule has 4 fully saturated rings. The molecule has 2 bridgehead atoms. The second kappa shape index (κ2) is 9.85. The van der Waals surface area contributed by atoms with E-state index in [1.165, 1.54) is 0 Å². The van der Waals surface area contributed by atoms with E-state index in [-0.39, 0.29) is 54.8 Å². The normalized spacial score (nSPS) is 30.5. The maximum atomic E-state index is 12.5. The van der Waals surface area contributed by atoms with Crippen molar-refractivity contribution in [3.8, 4) is 5.75 Å². The topological polar surface area (TPSA) is 73.9 Å². The number of amides is 1. The molecule has 0 saturated heterocycles. The minimum atomic E-state index is -4.63. The van der Waals surface area contributed by atoms with Gasteiger partial charge in [-0.15, -0.1) is 13.2 Å². The molecule has 0 radical (unpaired) electrons. The second-order valence-corrected chi connectivity index (χ2v) is 10.2. The van der Waals surface area contributed by atoms with E-state index >= 15 is 0 Å².